The van der Waals surface area contributed by atoms with Crippen molar-refractivity contribution in [3.63, 3.8) is 0 Å². The van der Waals surface area contributed by atoms with Crippen LogP contribution in [0.5, 0.6) is 0 Å². The van der Waals surface area contributed by atoms with Gasteiger partial charge in [0.1, 0.15) is 5.82 Å². The minimum Gasteiger partial charge on any atom is -0.449 e. The number of aryl methyl sites for hydroxylation is 1. The Balaban J connectivity index is 1.87. The van der Waals surface area contributed by atoms with Gasteiger partial charge in [-0.1, -0.05) is 43.3 Å². The highest BCUT2D eigenvalue weighted by molar-refractivity contribution is 5.92. The average Bonchev–Trinajstić information content (AvgIpc) is 2.62. The van der Waals surface area contributed by atoms with Crippen molar-refractivity contribution >= 4 is 11.9 Å². The SMILES string of the molecule is Cc1ccc(C(=O)O[C@@H](C)C(=O)NC[C@@H](C)c2ccccc2)cc1F. The molecule has 5 heteroatoms. The fraction of sp³-hybridized carbons (Fsp3) is 0.300. The van der Waals surface area contributed by atoms with Crippen molar-refractivity contribution in [2.45, 2.75) is 32.8 Å². The number of hydrogen-bond donors (Lipinski definition) is 1. The van der Waals surface area contributed by atoms with E-state index in [1.165, 1.54) is 19.1 Å². The monoisotopic (exact) mass is 343 g/mol. The normalized spacial score (nSPS) is 13.0. The summed E-state index contributed by atoms with van der Waals surface area (Å²) in [4.78, 5) is 24.1. The van der Waals surface area contributed by atoms with Gasteiger partial charge in [-0.3, -0.25) is 4.79 Å². The maximum Gasteiger partial charge on any atom is 0.339 e. The molecular weight excluding hydrogens is 321 g/mol. The van der Waals surface area contributed by atoms with Crippen molar-refractivity contribution in [3.8, 4) is 0 Å². The molecule has 2 aromatic carbocycles. The number of hydrogen-bond acceptors (Lipinski definition) is 3. The van der Waals surface area contributed by atoms with Crippen molar-refractivity contribution in [2.75, 3.05) is 6.54 Å². The Hall–Kier alpha value is -2.69. The maximum atomic E-state index is 13.5. The van der Waals surface area contributed by atoms with E-state index >= 15 is 0 Å². The summed E-state index contributed by atoms with van der Waals surface area (Å²) in [6.45, 7) is 5.53. The van der Waals surface area contributed by atoms with E-state index in [1.807, 2.05) is 37.3 Å². The van der Waals surface area contributed by atoms with Crippen LogP contribution in [0.4, 0.5) is 4.39 Å². The van der Waals surface area contributed by atoms with Gasteiger partial charge in [0.15, 0.2) is 6.10 Å². The number of benzene rings is 2. The second kappa shape index (κ2) is 8.42. The van der Waals surface area contributed by atoms with Crippen LogP contribution in [-0.4, -0.2) is 24.5 Å². The number of carbonyl (C=O) groups excluding carboxylic acids is 2. The average molecular weight is 343 g/mol. The largest absolute Gasteiger partial charge is 0.449 e. The summed E-state index contributed by atoms with van der Waals surface area (Å²) in [6, 6.07) is 13.9. The van der Waals surface area contributed by atoms with Crippen molar-refractivity contribution in [2.24, 2.45) is 0 Å². The molecule has 0 fully saturated rings. The summed E-state index contributed by atoms with van der Waals surface area (Å²) in [5, 5.41) is 2.77. The van der Waals surface area contributed by atoms with Gasteiger partial charge in [0.25, 0.3) is 5.91 Å². The van der Waals surface area contributed by atoms with Crippen LogP contribution >= 0.6 is 0 Å². The quantitative estimate of drug-likeness (QED) is 0.816. The fourth-order valence-electron chi connectivity index (χ4n) is 2.30. The predicted molar refractivity (Wildman–Crippen MR) is 93.9 cm³/mol. The van der Waals surface area contributed by atoms with Crippen LogP contribution in [0, 0.1) is 12.7 Å². The van der Waals surface area contributed by atoms with Gasteiger partial charge in [0.2, 0.25) is 0 Å². The number of esters is 1. The van der Waals surface area contributed by atoms with Crippen LogP contribution in [-0.2, 0) is 9.53 Å². The minimum atomic E-state index is -0.958. The van der Waals surface area contributed by atoms with E-state index in [0.29, 0.717) is 12.1 Å². The fourth-order valence-corrected chi connectivity index (χ4v) is 2.30. The number of halogens is 1. The highest BCUT2D eigenvalue weighted by atomic mass is 19.1. The van der Waals surface area contributed by atoms with Crippen molar-refractivity contribution in [1.82, 2.24) is 5.32 Å². The van der Waals surface area contributed by atoms with Crippen LogP contribution in [0.15, 0.2) is 48.5 Å². The maximum absolute atomic E-state index is 13.5. The third-order valence-electron chi connectivity index (χ3n) is 4.01. The molecule has 2 atom stereocenters. The standard InChI is InChI=1S/C20H22FNO3/c1-13-9-10-17(11-18(13)21)20(24)25-15(3)19(23)22-12-14(2)16-7-5-4-6-8-16/h4-11,14-15H,12H2,1-3H3,(H,22,23)/t14-,15+/m1/s1. The summed E-state index contributed by atoms with van der Waals surface area (Å²) in [5.74, 6) is -1.45. The molecule has 0 saturated carbocycles. The molecule has 0 aliphatic rings. The molecule has 0 aliphatic heterocycles. The number of nitrogens with one attached hydrogen (secondary N) is 1. The van der Waals surface area contributed by atoms with E-state index in [-0.39, 0.29) is 17.4 Å². The molecule has 0 saturated heterocycles. The van der Waals surface area contributed by atoms with E-state index in [9.17, 15) is 14.0 Å². The minimum absolute atomic E-state index is 0.0837. The van der Waals surface area contributed by atoms with E-state index in [1.54, 1.807) is 6.92 Å². The second-order valence-electron chi connectivity index (χ2n) is 6.07. The molecular formula is C20H22FNO3. The molecule has 0 spiro atoms. The summed E-state index contributed by atoms with van der Waals surface area (Å²) in [7, 11) is 0. The first-order chi connectivity index (χ1) is 11.9. The Bertz CT molecular complexity index is 746. The summed E-state index contributed by atoms with van der Waals surface area (Å²) in [6.07, 6.45) is -0.958. The molecule has 0 radical (unpaired) electrons. The molecule has 2 aromatic rings. The molecule has 25 heavy (non-hydrogen) atoms. The van der Waals surface area contributed by atoms with Gasteiger partial charge in [-0.15, -0.1) is 0 Å². The van der Waals surface area contributed by atoms with Gasteiger partial charge in [-0.2, -0.15) is 0 Å². The van der Waals surface area contributed by atoms with Gasteiger partial charge in [-0.25, -0.2) is 9.18 Å². The number of amides is 1. The van der Waals surface area contributed by atoms with Crippen LogP contribution in [0.3, 0.4) is 0 Å². The molecule has 4 nitrogen and oxygen atoms in total. The zero-order valence-electron chi connectivity index (χ0n) is 14.6. The molecule has 0 aromatic heterocycles. The molecule has 0 aliphatic carbocycles. The summed E-state index contributed by atoms with van der Waals surface area (Å²) in [5.41, 5.74) is 1.64. The molecule has 1 amide bonds. The number of carbonyl (C=O) groups is 2. The first kappa shape index (κ1) is 18.6. The lowest BCUT2D eigenvalue weighted by atomic mass is 10.0. The lowest BCUT2D eigenvalue weighted by Gasteiger charge is -2.16. The molecule has 2 rings (SSSR count). The van der Waals surface area contributed by atoms with Crippen LogP contribution < -0.4 is 5.32 Å². The van der Waals surface area contributed by atoms with Crippen molar-refractivity contribution in [3.05, 3.63) is 71.0 Å². The summed E-state index contributed by atoms with van der Waals surface area (Å²) < 4.78 is 18.6. The first-order valence-electron chi connectivity index (χ1n) is 8.18. The van der Waals surface area contributed by atoms with Gasteiger partial charge < -0.3 is 10.1 Å². The van der Waals surface area contributed by atoms with E-state index in [0.717, 1.165) is 11.6 Å². The van der Waals surface area contributed by atoms with E-state index < -0.39 is 17.9 Å². The molecule has 0 heterocycles. The number of ether oxygens (including phenoxy) is 1. The zero-order chi connectivity index (χ0) is 18.4. The van der Waals surface area contributed by atoms with Crippen molar-refractivity contribution in [1.29, 1.82) is 0 Å². The third kappa shape index (κ3) is 5.14. The van der Waals surface area contributed by atoms with Gasteiger partial charge in [0, 0.05) is 6.54 Å². The van der Waals surface area contributed by atoms with Crippen LogP contribution in [0.2, 0.25) is 0 Å². The van der Waals surface area contributed by atoms with Gasteiger partial charge in [0.05, 0.1) is 5.56 Å². The number of rotatable bonds is 6. The van der Waals surface area contributed by atoms with Crippen LogP contribution in [0.25, 0.3) is 0 Å². The van der Waals surface area contributed by atoms with E-state index in [2.05, 4.69) is 5.32 Å². The lowest BCUT2D eigenvalue weighted by molar-refractivity contribution is -0.129. The Kier molecular flexibility index (Phi) is 6.28. The molecule has 0 bridgehead atoms. The lowest BCUT2D eigenvalue weighted by Crippen LogP contribution is -2.37. The Morgan fingerprint density at radius 2 is 1.80 bits per heavy atom. The van der Waals surface area contributed by atoms with Crippen LogP contribution in [0.1, 0.15) is 41.3 Å². The highest BCUT2D eigenvalue weighted by Gasteiger charge is 2.20. The highest BCUT2D eigenvalue weighted by Crippen LogP contribution is 2.14. The van der Waals surface area contributed by atoms with Gasteiger partial charge in [-0.05, 0) is 43.0 Å². The van der Waals surface area contributed by atoms with E-state index in [4.69, 9.17) is 4.74 Å². The predicted octanol–water partition coefficient (Wildman–Crippen LogP) is 3.60. The summed E-state index contributed by atoms with van der Waals surface area (Å²) >= 11 is 0. The Morgan fingerprint density at radius 1 is 1.12 bits per heavy atom. The molecule has 132 valence electrons. The smallest absolute Gasteiger partial charge is 0.339 e. The van der Waals surface area contributed by atoms with Gasteiger partial charge >= 0.3 is 5.97 Å². The third-order valence-corrected chi connectivity index (χ3v) is 4.01. The zero-order valence-corrected chi connectivity index (χ0v) is 14.6. The first-order valence-corrected chi connectivity index (χ1v) is 8.18. The Morgan fingerprint density at radius 3 is 2.44 bits per heavy atom. The topological polar surface area (TPSA) is 55.4 Å². The van der Waals surface area contributed by atoms with Crippen molar-refractivity contribution < 1.29 is 18.7 Å². The Labute approximate surface area is 147 Å². The second-order valence-corrected chi connectivity index (χ2v) is 6.07. The molecule has 1 N–H and O–H groups in total. The molecule has 0 unspecified atom stereocenters.